The van der Waals surface area contributed by atoms with E-state index in [1.165, 1.54) is 14.2 Å². The van der Waals surface area contributed by atoms with Gasteiger partial charge in [-0.1, -0.05) is 19.3 Å². The van der Waals surface area contributed by atoms with E-state index in [9.17, 15) is 17.6 Å². The predicted octanol–water partition coefficient (Wildman–Crippen LogP) is 4.42. The zero-order valence-corrected chi connectivity index (χ0v) is 15.1. The van der Waals surface area contributed by atoms with E-state index in [-0.39, 0.29) is 18.1 Å². The van der Waals surface area contributed by atoms with Gasteiger partial charge in [0.15, 0.2) is 23.3 Å². The summed E-state index contributed by atoms with van der Waals surface area (Å²) in [6.07, 6.45) is 4.14. The Morgan fingerprint density at radius 1 is 0.917 bits per heavy atom. The third-order valence-corrected chi connectivity index (χ3v) is 4.88. The molecule has 3 nitrogen and oxygen atoms in total. The Morgan fingerprint density at radius 3 is 2.17 bits per heavy atom. The average molecular weight is 367 g/mol. The fourth-order valence-corrected chi connectivity index (χ4v) is 3.11. The Hall–Kier alpha value is -0.963. The molecule has 0 fully saturated rings. The maximum absolute atomic E-state index is 13.5. The van der Waals surface area contributed by atoms with E-state index in [0.717, 1.165) is 31.7 Å². The minimum absolute atomic E-state index is 0.0107. The first-order valence-corrected chi connectivity index (χ1v) is 9.06. The highest BCUT2D eigenvalue weighted by Crippen LogP contribution is 2.21. The lowest BCUT2D eigenvalue weighted by Crippen LogP contribution is -2.28. The quantitative estimate of drug-likeness (QED) is 0.191. The van der Waals surface area contributed by atoms with Crippen LogP contribution in [-0.4, -0.2) is 29.9 Å². The van der Waals surface area contributed by atoms with Crippen molar-refractivity contribution in [3.63, 3.8) is 0 Å². The summed E-state index contributed by atoms with van der Waals surface area (Å²) in [5.74, 6) is -6.17. The minimum atomic E-state index is -1.77. The molecule has 0 saturated heterocycles. The van der Waals surface area contributed by atoms with Crippen molar-refractivity contribution in [1.29, 1.82) is 0 Å². The molecule has 1 unspecified atom stereocenters. The van der Waals surface area contributed by atoms with Gasteiger partial charge in [-0.15, -0.1) is 0 Å². The second-order valence-corrected chi connectivity index (χ2v) is 7.05. The summed E-state index contributed by atoms with van der Waals surface area (Å²) < 4.78 is 68.2. The molecule has 24 heavy (non-hydrogen) atoms. The molecule has 0 aliphatic heterocycles. The molecule has 8 heteroatoms. The van der Waals surface area contributed by atoms with Crippen molar-refractivity contribution in [2.45, 2.75) is 51.6 Å². The molecular formula is C16H23F4O3Si. The van der Waals surface area contributed by atoms with Crippen LogP contribution in [-0.2, 0) is 19.7 Å². The van der Waals surface area contributed by atoms with Gasteiger partial charge < -0.3 is 13.3 Å². The van der Waals surface area contributed by atoms with Gasteiger partial charge in [0.2, 0.25) is 0 Å². The minimum Gasteiger partial charge on any atom is -0.375 e. The molecule has 0 N–H and O–H groups in total. The Morgan fingerprint density at radius 2 is 1.54 bits per heavy atom. The van der Waals surface area contributed by atoms with Gasteiger partial charge in [0.1, 0.15) is 0 Å². The molecule has 0 saturated carbocycles. The highest BCUT2D eigenvalue weighted by Gasteiger charge is 2.19. The summed E-state index contributed by atoms with van der Waals surface area (Å²) in [5, 5.41) is 0. The Balaban J connectivity index is 2.25. The molecule has 1 aromatic rings. The predicted molar refractivity (Wildman–Crippen MR) is 83.4 cm³/mol. The molecule has 0 aliphatic rings. The van der Waals surface area contributed by atoms with E-state index >= 15 is 0 Å². The molecule has 0 aromatic heterocycles. The summed E-state index contributed by atoms with van der Waals surface area (Å²) in [5.41, 5.74) is -0.129. The van der Waals surface area contributed by atoms with E-state index in [1.807, 2.05) is 6.92 Å². The largest absolute Gasteiger partial charge is 0.577 e. The SMILES string of the molecule is CO[Si](OC)OC(C)CCCCCCc1cc(F)c(F)c(F)c1F. The molecular weight excluding hydrogens is 344 g/mol. The van der Waals surface area contributed by atoms with Gasteiger partial charge in [0.05, 0.1) is 0 Å². The van der Waals surface area contributed by atoms with Crippen LogP contribution in [0.15, 0.2) is 6.07 Å². The van der Waals surface area contributed by atoms with E-state index in [0.29, 0.717) is 6.42 Å². The van der Waals surface area contributed by atoms with Crippen LogP contribution in [0.1, 0.15) is 44.6 Å². The van der Waals surface area contributed by atoms with Gasteiger partial charge >= 0.3 is 9.53 Å². The highest BCUT2D eigenvalue weighted by atomic mass is 28.3. The molecule has 137 valence electrons. The third kappa shape index (κ3) is 6.50. The number of benzene rings is 1. The topological polar surface area (TPSA) is 27.7 Å². The number of rotatable bonds is 11. The number of hydrogen-bond acceptors (Lipinski definition) is 3. The Bertz CT molecular complexity index is 513. The van der Waals surface area contributed by atoms with Crippen LogP contribution >= 0.6 is 0 Å². The zero-order valence-electron chi connectivity index (χ0n) is 14.1. The van der Waals surface area contributed by atoms with Crippen molar-refractivity contribution >= 4 is 9.53 Å². The average Bonchev–Trinajstić information content (AvgIpc) is 2.58. The van der Waals surface area contributed by atoms with Crippen molar-refractivity contribution in [1.82, 2.24) is 0 Å². The van der Waals surface area contributed by atoms with Crippen molar-refractivity contribution in [3.8, 4) is 0 Å². The van der Waals surface area contributed by atoms with Crippen molar-refractivity contribution in [3.05, 3.63) is 34.9 Å². The lowest BCUT2D eigenvalue weighted by Gasteiger charge is -2.16. The molecule has 0 amide bonds. The van der Waals surface area contributed by atoms with Gasteiger partial charge in [0, 0.05) is 20.3 Å². The monoisotopic (exact) mass is 367 g/mol. The summed E-state index contributed by atoms with van der Waals surface area (Å²) in [6.45, 7) is 1.93. The molecule has 0 heterocycles. The number of halogens is 4. The van der Waals surface area contributed by atoms with Crippen LogP contribution in [0.5, 0.6) is 0 Å². The van der Waals surface area contributed by atoms with E-state index < -0.39 is 32.8 Å². The summed E-state index contributed by atoms with van der Waals surface area (Å²) in [4.78, 5) is 0. The van der Waals surface area contributed by atoms with Gasteiger partial charge in [0.25, 0.3) is 0 Å². The third-order valence-electron chi connectivity index (χ3n) is 3.62. The molecule has 1 atom stereocenters. The summed E-state index contributed by atoms with van der Waals surface area (Å²) in [6, 6.07) is 0.725. The lowest BCUT2D eigenvalue weighted by atomic mass is 10.0. The summed E-state index contributed by atoms with van der Waals surface area (Å²) >= 11 is 0. The van der Waals surface area contributed by atoms with Crippen LogP contribution in [0.3, 0.4) is 0 Å². The lowest BCUT2D eigenvalue weighted by molar-refractivity contribution is 0.0892. The number of hydrogen-bond donors (Lipinski definition) is 0. The zero-order chi connectivity index (χ0) is 18.1. The van der Waals surface area contributed by atoms with Gasteiger partial charge in [-0.2, -0.15) is 0 Å². The van der Waals surface area contributed by atoms with Crippen molar-refractivity contribution < 1.29 is 30.8 Å². The van der Waals surface area contributed by atoms with Gasteiger partial charge in [-0.3, -0.25) is 0 Å². The fraction of sp³-hybridized carbons (Fsp3) is 0.625. The molecule has 0 bridgehead atoms. The highest BCUT2D eigenvalue weighted by molar-refractivity contribution is 6.36. The molecule has 0 aliphatic carbocycles. The fourth-order valence-electron chi connectivity index (χ4n) is 2.31. The second-order valence-electron chi connectivity index (χ2n) is 5.50. The molecule has 1 aromatic carbocycles. The first-order valence-electron chi connectivity index (χ1n) is 7.84. The molecule has 1 rings (SSSR count). The first-order chi connectivity index (χ1) is 11.4. The van der Waals surface area contributed by atoms with Crippen molar-refractivity contribution in [2.75, 3.05) is 14.2 Å². The van der Waals surface area contributed by atoms with Crippen LogP contribution in [0.4, 0.5) is 17.6 Å². The van der Waals surface area contributed by atoms with Crippen LogP contribution in [0.25, 0.3) is 0 Å². The number of unbranched alkanes of at least 4 members (excludes halogenated alkanes) is 3. The maximum Gasteiger partial charge on any atom is 0.577 e. The van der Waals surface area contributed by atoms with Gasteiger partial charge in [-0.25, -0.2) is 17.6 Å². The molecule has 1 radical (unpaired) electrons. The van der Waals surface area contributed by atoms with E-state index in [4.69, 9.17) is 13.3 Å². The maximum atomic E-state index is 13.5. The van der Waals surface area contributed by atoms with E-state index in [1.54, 1.807) is 0 Å². The van der Waals surface area contributed by atoms with Crippen LogP contribution < -0.4 is 0 Å². The molecule has 0 spiro atoms. The van der Waals surface area contributed by atoms with E-state index in [2.05, 4.69) is 0 Å². The normalized spacial score (nSPS) is 12.8. The van der Waals surface area contributed by atoms with Crippen LogP contribution in [0, 0.1) is 23.3 Å². The number of aryl methyl sites for hydroxylation is 1. The smallest absolute Gasteiger partial charge is 0.375 e. The van der Waals surface area contributed by atoms with Crippen LogP contribution in [0.2, 0.25) is 0 Å². The Kier molecular flexibility index (Phi) is 9.49. The standard InChI is InChI=1S/C16H23F4O3Si/c1-11(23-24(21-2)22-3)8-6-4-5-7-9-12-10-13(17)15(19)16(20)14(12)18/h10-11H,4-9H2,1-3H3. The Labute approximate surface area is 141 Å². The first kappa shape index (κ1) is 21.1. The van der Waals surface area contributed by atoms with Gasteiger partial charge in [-0.05, 0) is 37.8 Å². The summed E-state index contributed by atoms with van der Waals surface area (Å²) in [7, 11) is 1.40. The second kappa shape index (κ2) is 10.8. The van der Waals surface area contributed by atoms with Crippen molar-refractivity contribution in [2.24, 2.45) is 0 Å².